The fourth-order valence-electron chi connectivity index (χ4n) is 1.87. The van der Waals surface area contributed by atoms with Gasteiger partial charge in [-0.1, -0.05) is 32.5 Å². The van der Waals surface area contributed by atoms with Crippen LogP contribution in [0.3, 0.4) is 0 Å². The number of H-pyrrole nitrogens is 1. The molecule has 0 bridgehead atoms. The van der Waals surface area contributed by atoms with Gasteiger partial charge in [-0.05, 0) is 29.8 Å². The Morgan fingerprint density at radius 1 is 1.30 bits per heavy atom. The minimum Gasteiger partial charge on any atom is -0.497 e. The maximum atomic E-state index is 11.8. The van der Waals surface area contributed by atoms with Gasteiger partial charge in [-0.2, -0.15) is 0 Å². The van der Waals surface area contributed by atoms with Crippen molar-refractivity contribution in [3.63, 3.8) is 0 Å². The maximum Gasteiger partial charge on any atom is 0.225 e. The Labute approximate surface area is 141 Å². The van der Waals surface area contributed by atoms with E-state index in [0.717, 1.165) is 27.9 Å². The van der Waals surface area contributed by atoms with Crippen molar-refractivity contribution in [1.29, 1.82) is 0 Å². The molecule has 0 saturated heterocycles. The van der Waals surface area contributed by atoms with Gasteiger partial charge in [0.2, 0.25) is 5.91 Å². The molecule has 0 spiro atoms. The number of aromatic amines is 1. The maximum absolute atomic E-state index is 11.8. The number of imidazole rings is 1. The molecule has 0 fully saturated rings. The summed E-state index contributed by atoms with van der Waals surface area (Å²) < 4.78 is 5.15. The molecule has 5 nitrogen and oxygen atoms in total. The van der Waals surface area contributed by atoms with Crippen LogP contribution < -0.4 is 10.1 Å². The van der Waals surface area contributed by atoms with Gasteiger partial charge < -0.3 is 15.0 Å². The molecule has 2 rings (SSSR count). The number of nitrogens with one attached hydrogen (secondary N) is 2. The summed E-state index contributed by atoms with van der Waals surface area (Å²) in [7, 11) is 1.65. The fourth-order valence-corrected chi connectivity index (χ4v) is 2.58. The lowest BCUT2D eigenvalue weighted by Gasteiger charge is -2.17. The third-order valence-electron chi connectivity index (χ3n) is 3.26. The lowest BCUT2D eigenvalue weighted by Crippen LogP contribution is -2.36. The minimum atomic E-state index is -0.350. The number of benzene rings is 1. The molecule has 2 aromatic rings. The van der Waals surface area contributed by atoms with E-state index in [4.69, 9.17) is 4.74 Å². The van der Waals surface area contributed by atoms with E-state index in [-0.39, 0.29) is 11.3 Å². The molecule has 6 heteroatoms. The van der Waals surface area contributed by atoms with Crippen molar-refractivity contribution in [3.05, 3.63) is 30.5 Å². The topological polar surface area (TPSA) is 67.0 Å². The monoisotopic (exact) mass is 333 g/mol. The second-order valence-electron chi connectivity index (χ2n) is 6.18. The molecule has 1 aromatic carbocycles. The number of hydrogen-bond donors (Lipinski definition) is 2. The van der Waals surface area contributed by atoms with Crippen LogP contribution in [0.15, 0.2) is 35.6 Å². The largest absolute Gasteiger partial charge is 0.497 e. The summed E-state index contributed by atoms with van der Waals surface area (Å²) in [5.74, 6) is 1.67. The number of aromatic nitrogens is 2. The molecule has 1 aromatic heterocycles. The van der Waals surface area contributed by atoms with E-state index in [1.807, 2.05) is 51.2 Å². The molecular formula is C17H23N3O2S. The van der Waals surface area contributed by atoms with Crippen LogP contribution in [0.1, 0.15) is 20.8 Å². The zero-order valence-electron chi connectivity index (χ0n) is 14.0. The zero-order valence-corrected chi connectivity index (χ0v) is 14.8. The third kappa shape index (κ3) is 5.03. The van der Waals surface area contributed by atoms with Crippen LogP contribution in [0.4, 0.5) is 0 Å². The number of methoxy groups -OCH3 is 1. The molecule has 2 N–H and O–H groups in total. The first-order valence-electron chi connectivity index (χ1n) is 7.50. The summed E-state index contributed by atoms with van der Waals surface area (Å²) in [4.78, 5) is 19.4. The Bertz CT molecular complexity index is 645. The first kappa shape index (κ1) is 17.4. The molecule has 0 radical (unpaired) electrons. The summed E-state index contributed by atoms with van der Waals surface area (Å²) in [6.07, 6.45) is 1.82. The first-order valence-corrected chi connectivity index (χ1v) is 8.49. The molecule has 0 aliphatic rings. The highest BCUT2D eigenvalue weighted by Crippen LogP contribution is 2.23. The summed E-state index contributed by atoms with van der Waals surface area (Å²) in [6.45, 7) is 6.34. The average Bonchev–Trinajstić information content (AvgIpc) is 2.99. The van der Waals surface area contributed by atoms with Crippen LogP contribution in [0, 0.1) is 5.41 Å². The van der Waals surface area contributed by atoms with Gasteiger partial charge in [0.05, 0.1) is 19.0 Å². The van der Waals surface area contributed by atoms with Gasteiger partial charge in [0.15, 0.2) is 5.16 Å². The highest BCUT2D eigenvalue weighted by Gasteiger charge is 2.20. The van der Waals surface area contributed by atoms with Crippen LogP contribution in [0.25, 0.3) is 11.3 Å². The van der Waals surface area contributed by atoms with E-state index in [9.17, 15) is 4.79 Å². The molecule has 1 amide bonds. The smallest absolute Gasteiger partial charge is 0.225 e. The number of carbonyl (C=O) groups excluding carboxylic acids is 1. The highest BCUT2D eigenvalue weighted by molar-refractivity contribution is 7.99. The van der Waals surface area contributed by atoms with Crippen molar-refractivity contribution < 1.29 is 9.53 Å². The predicted molar refractivity (Wildman–Crippen MR) is 93.8 cm³/mol. The quantitative estimate of drug-likeness (QED) is 0.628. The van der Waals surface area contributed by atoms with Crippen molar-refractivity contribution in [1.82, 2.24) is 15.3 Å². The predicted octanol–water partition coefficient (Wildman–Crippen LogP) is 3.34. The molecule has 23 heavy (non-hydrogen) atoms. The SMILES string of the molecule is COc1ccc(-c2cnc(SCCNC(=O)C(C)(C)C)[nH]2)cc1. The molecular weight excluding hydrogens is 310 g/mol. The second kappa shape index (κ2) is 7.55. The lowest BCUT2D eigenvalue weighted by atomic mass is 9.96. The van der Waals surface area contributed by atoms with Crippen molar-refractivity contribution in [3.8, 4) is 17.0 Å². The summed E-state index contributed by atoms with van der Waals surface area (Å²) >= 11 is 1.59. The van der Waals surface area contributed by atoms with E-state index in [1.54, 1.807) is 18.9 Å². The number of hydrogen-bond acceptors (Lipinski definition) is 4. The number of rotatable bonds is 6. The number of ether oxygens (including phenoxy) is 1. The summed E-state index contributed by atoms with van der Waals surface area (Å²) in [5.41, 5.74) is 1.68. The molecule has 0 aliphatic carbocycles. The Morgan fingerprint density at radius 2 is 2.00 bits per heavy atom. The van der Waals surface area contributed by atoms with Gasteiger partial charge in [0.25, 0.3) is 0 Å². The van der Waals surface area contributed by atoms with Crippen LogP contribution in [0.5, 0.6) is 5.75 Å². The van der Waals surface area contributed by atoms with Crippen molar-refractivity contribution in [2.45, 2.75) is 25.9 Å². The number of nitrogens with zero attached hydrogens (tertiary/aromatic N) is 1. The van der Waals surface area contributed by atoms with Crippen LogP contribution in [0.2, 0.25) is 0 Å². The van der Waals surface area contributed by atoms with Crippen LogP contribution in [-0.4, -0.2) is 35.3 Å². The Balaban J connectivity index is 1.84. The Hall–Kier alpha value is -1.95. The molecule has 0 atom stereocenters. The minimum absolute atomic E-state index is 0.0662. The fraction of sp³-hybridized carbons (Fsp3) is 0.412. The van der Waals surface area contributed by atoms with E-state index in [0.29, 0.717) is 6.54 Å². The Morgan fingerprint density at radius 3 is 2.61 bits per heavy atom. The van der Waals surface area contributed by atoms with Gasteiger partial charge >= 0.3 is 0 Å². The van der Waals surface area contributed by atoms with Gasteiger partial charge in [0.1, 0.15) is 5.75 Å². The van der Waals surface area contributed by atoms with Gasteiger partial charge in [0, 0.05) is 17.7 Å². The van der Waals surface area contributed by atoms with E-state index in [1.165, 1.54) is 0 Å². The van der Waals surface area contributed by atoms with E-state index in [2.05, 4.69) is 15.3 Å². The summed E-state index contributed by atoms with van der Waals surface area (Å²) in [6, 6.07) is 7.82. The van der Waals surface area contributed by atoms with E-state index >= 15 is 0 Å². The normalized spacial score (nSPS) is 11.3. The van der Waals surface area contributed by atoms with Crippen molar-refractivity contribution in [2.75, 3.05) is 19.4 Å². The van der Waals surface area contributed by atoms with Crippen LogP contribution >= 0.6 is 11.8 Å². The standard InChI is InChI=1S/C17H23N3O2S/c1-17(2,3)15(21)18-9-10-23-16-19-11-14(20-16)12-5-7-13(22-4)8-6-12/h5-8,11H,9-10H2,1-4H3,(H,18,21)(H,19,20). The van der Waals surface area contributed by atoms with Crippen molar-refractivity contribution >= 4 is 17.7 Å². The van der Waals surface area contributed by atoms with Gasteiger partial charge in [-0.15, -0.1) is 0 Å². The first-order chi connectivity index (χ1) is 10.9. The second-order valence-corrected chi connectivity index (χ2v) is 7.27. The third-order valence-corrected chi connectivity index (χ3v) is 4.15. The number of thioether (sulfide) groups is 1. The zero-order chi connectivity index (χ0) is 16.9. The van der Waals surface area contributed by atoms with Crippen molar-refractivity contribution in [2.24, 2.45) is 5.41 Å². The van der Waals surface area contributed by atoms with Crippen LogP contribution in [-0.2, 0) is 4.79 Å². The van der Waals surface area contributed by atoms with E-state index < -0.39 is 0 Å². The number of carbonyl (C=O) groups is 1. The van der Waals surface area contributed by atoms with Gasteiger partial charge in [-0.3, -0.25) is 4.79 Å². The highest BCUT2D eigenvalue weighted by atomic mass is 32.2. The summed E-state index contributed by atoms with van der Waals surface area (Å²) in [5, 5.41) is 3.78. The molecule has 124 valence electrons. The molecule has 1 heterocycles. The molecule has 0 saturated carbocycles. The number of amides is 1. The van der Waals surface area contributed by atoms with Gasteiger partial charge in [-0.25, -0.2) is 4.98 Å². The molecule has 0 aliphatic heterocycles. The molecule has 0 unspecified atom stereocenters. The average molecular weight is 333 g/mol. The Kier molecular flexibility index (Phi) is 5.71. The lowest BCUT2D eigenvalue weighted by molar-refractivity contribution is -0.128.